The summed E-state index contributed by atoms with van der Waals surface area (Å²) in [6, 6.07) is 77.5. The molecule has 0 radical (unpaired) electrons. The van der Waals surface area contributed by atoms with E-state index in [2.05, 4.69) is 62.4 Å². The molecule has 0 saturated carbocycles. The average molecular weight is 1280 g/mol. The fourth-order valence-corrected chi connectivity index (χ4v) is 16.7. The van der Waals surface area contributed by atoms with Crippen molar-refractivity contribution in [3.05, 3.63) is 321 Å². The molecule has 2 aromatic heterocycles. The molecule has 15 nitrogen and oxygen atoms in total. The van der Waals surface area contributed by atoms with Gasteiger partial charge in [0.25, 0.3) is 11.8 Å². The van der Waals surface area contributed by atoms with Crippen LogP contribution in [0.25, 0.3) is 0 Å². The summed E-state index contributed by atoms with van der Waals surface area (Å²) in [5, 5.41) is 22.7. The van der Waals surface area contributed by atoms with Crippen molar-refractivity contribution < 1.29 is 33.5 Å². The van der Waals surface area contributed by atoms with Crippen molar-refractivity contribution in [2.24, 2.45) is 5.16 Å². The maximum atomic E-state index is 15.9. The number of aromatic nitrogens is 4. The molecule has 456 valence electrons. The van der Waals surface area contributed by atoms with Gasteiger partial charge in [-0.1, -0.05) is 253 Å². The summed E-state index contributed by atoms with van der Waals surface area (Å²) in [4.78, 5) is 73.8. The molecule has 0 bridgehead atoms. The molecule has 2 aliphatic heterocycles. The van der Waals surface area contributed by atoms with Crippen LogP contribution in [0.15, 0.2) is 270 Å². The van der Waals surface area contributed by atoms with Gasteiger partial charge in [-0.25, -0.2) is 14.6 Å². The topological polar surface area (TPSA) is 190 Å². The SMILES string of the molecule is CC(C)(C)OC(=O)Nc1nc(/C(=N/OC(c2ccccc2)(c2ccccc2)c2ccccc2)C(=O)N[C@@H]2C(=O)N3C(C(=O)OC(c4ccccc4)c4ccccc4)=C(SC(SCc4c[nH]nn4)C(c4ccccc4)(c4ccccc4)c4ccccc4)CS[C@H]23)cs1. The lowest BCUT2D eigenvalue weighted by Crippen LogP contribution is -2.71. The Labute approximate surface area is 544 Å². The highest BCUT2D eigenvalue weighted by Crippen LogP contribution is 2.56. The summed E-state index contributed by atoms with van der Waals surface area (Å²) in [5.74, 6) is -1.43. The zero-order valence-electron chi connectivity index (χ0n) is 49.7. The Balaban J connectivity index is 0.965. The predicted molar refractivity (Wildman–Crippen MR) is 360 cm³/mol. The molecule has 12 rings (SSSR count). The summed E-state index contributed by atoms with van der Waals surface area (Å²) in [6.45, 7) is 5.24. The Hall–Kier alpha value is -9.53. The average Bonchev–Trinajstić information content (AvgIpc) is 0.936. The highest BCUT2D eigenvalue weighted by Gasteiger charge is 2.56. The molecule has 3 N–H and O–H groups in total. The van der Waals surface area contributed by atoms with E-state index in [4.69, 9.17) is 24.5 Å². The number of fused-ring (bicyclic) bond motifs is 1. The maximum Gasteiger partial charge on any atom is 0.413 e. The second kappa shape index (κ2) is 27.7. The van der Waals surface area contributed by atoms with Gasteiger partial charge in [-0.05, 0) is 48.6 Å². The highest BCUT2D eigenvalue weighted by atomic mass is 32.2. The van der Waals surface area contributed by atoms with Crippen molar-refractivity contribution in [3.8, 4) is 0 Å². The van der Waals surface area contributed by atoms with Crippen LogP contribution in [-0.2, 0) is 45.5 Å². The largest absolute Gasteiger partial charge is 0.448 e. The molecule has 3 atom stereocenters. The number of anilines is 1. The maximum absolute atomic E-state index is 15.9. The first-order chi connectivity index (χ1) is 44.4. The molecule has 1 fully saturated rings. The number of nitrogens with one attached hydrogen (secondary N) is 3. The summed E-state index contributed by atoms with van der Waals surface area (Å²) >= 11 is 5.62. The van der Waals surface area contributed by atoms with Crippen LogP contribution < -0.4 is 10.6 Å². The van der Waals surface area contributed by atoms with E-state index in [0.717, 1.165) is 44.8 Å². The van der Waals surface area contributed by atoms with E-state index in [0.29, 0.717) is 27.3 Å². The van der Waals surface area contributed by atoms with Gasteiger partial charge in [0.15, 0.2) is 16.9 Å². The number of oxime groups is 1. The van der Waals surface area contributed by atoms with E-state index in [1.165, 1.54) is 28.4 Å². The number of thiazole rings is 1. The number of ether oxygens (including phenoxy) is 2. The van der Waals surface area contributed by atoms with Crippen molar-refractivity contribution in [2.45, 2.75) is 65.2 Å². The first kappa shape index (κ1) is 61.7. The second-order valence-electron chi connectivity index (χ2n) is 22.3. The molecular formula is C72H62N8O7S4. The number of rotatable bonds is 22. The minimum atomic E-state index is -1.43. The third-order valence-electron chi connectivity index (χ3n) is 15.4. The van der Waals surface area contributed by atoms with Crippen LogP contribution in [0.5, 0.6) is 0 Å². The summed E-state index contributed by atoms with van der Waals surface area (Å²) in [6.07, 6.45) is 0.156. The number of nitrogens with zero attached hydrogens (tertiary/aromatic N) is 5. The lowest BCUT2D eigenvalue weighted by Gasteiger charge is -2.50. The lowest BCUT2D eigenvalue weighted by molar-refractivity contribution is -0.154. The van der Waals surface area contributed by atoms with Gasteiger partial charge in [-0.3, -0.25) is 24.9 Å². The molecule has 91 heavy (non-hydrogen) atoms. The van der Waals surface area contributed by atoms with Gasteiger partial charge >= 0.3 is 12.1 Å². The molecule has 19 heteroatoms. The van der Waals surface area contributed by atoms with Crippen LogP contribution in [0.4, 0.5) is 9.93 Å². The Morgan fingerprint density at radius 2 is 1.14 bits per heavy atom. The minimum absolute atomic E-state index is 0.0418. The molecule has 1 saturated heterocycles. The number of amides is 3. The lowest BCUT2D eigenvalue weighted by atomic mass is 9.70. The number of aromatic amines is 1. The van der Waals surface area contributed by atoms with E-state index >= 15 is 14.4 Å². The van der Waals surface area contributed by atoms with E-state index in [1.54, 1.807) is 44.1 Å². The van der Waals surface area contributed by atoms with Crippen molar-refractivity contribution in [1.29, 1.82) is 0 Å². The van der Waals surface area contributed by atoms with Gasteiger partial charge in [0.2, 0.25) is 5.60 Å². The summed E-state index contributed by atoms with van der Waals surface area (Å²) in [7, 11) is 0. The van der Waals surface area contributed by atoms with Crippen LogP contribution >= 0.6 is 46.6 Å². The van der Waals surface area contributed by atoms with E-state index in [-0.39, 0.29) is 28.0 Å². The Morgan fingerprint density at radius 1 is 0.670 bits per heavy atom. The molecule has 4 heterocycles. The molecule has 2 aliphatic rings. The van der Waals surface area contributed by atoms with Crippen LogP contribution in [0.1, 0.15) is 82.8 Å². The number of thioether (sulfide) groups is 3. The van der Waals surface area contributed by atoms with Crippen molar-refractivity contribution in [1.82, 2.24) is 30.6 Å². The van der Waals surface area contributed by atoms with E-state index in [9.17, 15) is 4.79 Å². The van der Waals surface area contributed by atoms with Crippen molar-refractivity contribution in [2.75, 3.05) is 11.1 Å². The minimum Gasteiger partial charge on any atom is -0.448 e. The van der Waals surface area contributed by atoms with Crippen LogP contribution in [0, 0.1) is 0 Å². The van der Waals surface area contributed by atoms with Crippen LogP contribution in [-0.4, -0.2) is 82.2 Å². The van der Waals surface area contributed by atoms with E-state index in [1.807, 2.05) is 206 Å². The quantitative estimate of drug-likeness (QED) is 0.0145. The van der Waals surface area contributed by atoms with Gasteiger partial charge in [0.1, 0.15) is 28.4 Å². The number of hydrogen-bond acceptors (Lipinski definition) is 15. The molecule has 0 aliphatic carbocycles. The van der Waals surface area contributed by atoms with Crippen LogP contribution in [0.2, 0.25) is 0 Å². The molecule has 10 aromatic rings. The standard InChI is InChI=1S/C72H62N8O7S4/c1-70(2,3)86-69(84)76-68-74-57(46-90-68)59(78-87-72(53-38-22-9-23-39-53,54-40-24-10-25-41-54)55-42-26-11-27-43-55)63(81)75-60-64(82)80-61(66(83)85-62(48-28-12-4-13-29-48)49-30-14-5-15-31-49)58(47-88-65(60)80)91-67(89-45-56-44-73-79-77-56)71(50-32-16-6-17-33-50,51-34-18-7-19-35-51)52-36-20-8-21-37-52/h4-44,46,60,62,65,67H,45,47H2,1-3H3,(H,75,81)(H,73,77,79)(H,74,76,84)/b78-59-/t60-,65-,67?/m1/s1. The second-order valence-corrected chi connectivity index (χ2v) is 26.9. The monoisotopic (exact) mass is 1280 g/mol. The van der Waals surface area contributed by atoms with Crippen LogP contribution in [0.3, 0.4) is 0 Å². The fraction of sp³-hybridized carbons (Fsp3) is 0.167. The van der Waals surface area contributed by atoms with E-state index < -0.39 is 62.6 Å². The number of β-lactam (4-membered cyclic amide) rings is 1. The number of hydrogen-bond donors (Lipinski definition) is 3. The number of carbonyl (C=O) groups is 4. The third-order valence-corrected chi connectivity index (χ3v) is 20.6. The third kappa shape index (κ3) is 13.2. The van der Waals surface area contributed by atoms with Gasteiger partial charge in [0.05, 0.1) is 15.7 Å². The summed E-state index contributed by atoms with van der Waals surface area (Å²) in [5.41, 5.74) is 3.98. The normalized spacial score (nSPS) is 15.5. The zero-order valence-corrected chi connectivity index (χ0v) is 53.0. The number of benzene rings is 8. The number of carbonyl (C=O) groups excluding carboxylic acids is 4. The zero-order chi connectivity index (χ0) is 62.8. The molecular weight excluding hydrogens is 1220 g/mol. The Morgan fingerprint density at radius 3 is 1.60 bits per heavy atom. The number of esters is 1. The van der Waals surface area contributed by atoms with Gasteiger partial charge in [-0.2, -0.15) is 0 Å². The molecule has 8 aromatic carbocycles. The first-order valence-electron chi connectivity index (χ1n) is 29.4. The van der Waals surface area contributed by atoms with Gasteiger partial charge < -0.3 is 19.6 Å². The van der Waals surface area contributed by atoms with Crippen molar-refractivity contribution in [3.63, 3.8) is 0 Å². The first-order valence-corrected chi connectivity index (χ1v) is 33.2. The highest BCUT2D eigenvalue weighted by molar-refractivity contribution is 8.19. The van der Waals surface area contributed by atoms with Gasteiger partial charge in [-0.15, -0.1) is 51.7 Å². The molecule has 1 unspecified atom stereocenters. The van der Waals surface area contributed by atoms with Gasteiger partial charge in [0, 0.05) is 44.7 Å². The number of H-pyrrole nitrogens is 1. The summed E-state index contributed by atoms with van der Waals surface area (Å²) < 4.78 is 11.9. The van der Waals surface area contributed by atoms with Crippen molar-refractivity contribution >= 4 is 81.3 Å². The fourth-order valence-electron chi connectivity index (χ4n) is 11.3. The molecule has 0 spiro atoms. The Kier molecular flexibility index (Phi) is 18.8. The smallest absolute Gasteiger partial charge is 0.413 e. The predicted octanol–water partition coefficient (Wildman–Crippen LogP) is 14.3. The molecule has 3 amide bonds. The Bertz CT molecular complexity index is 3940.